The number of anilines is 1. The van der Waals surface area contributed by atoms with Crippen LogP contribution in [0.5, 0.6) is 11.5 Å². The van der Waals surface area contributed by atoms with Crippen molar-refractivity contribution in [3.8, 4) is 11.5 Å². The summed E-state index contributed by atoms with van der Waals surface area (Å²) in [6, 6.07) is 4.69. The Morgan fingerprint density at radius 1 is 1.36 bits per heavy atom. The third-order valence-corrected chi connectivity index (χ3v) is 4.20. The predicted molar refractivity (Wildman–Crippen MR) is 90.3 cm³/mol. The van der Waals surface area contributed by atoms with E-state index in [1.165, 1.54) is 18.7 Å². The van der Waals surface area contributed by atoms with Crippen LogP contribution in [0.4, 0.5) is 5.69 Å². The topological polar surface area (TPSA) is 110 Å². The van der Waals surface area contributed by atoms with Gasteiger partial charge in [-0.1, -0.05) is 0 Å². The second-order valence-corrected chi connectivity index (χ2v) is 5.87. The van der Waals surface area contributed by atoms with Crippen molar-refractivity contribution in [3.05, 3.63) is 28.6 Å². The van der Waals surface area contributed by atoms with Crippen LogP contribution in [0.3, 0.4) is 0 Å². The van der Waals surface area contributed by atoms with Gasteiger partial charge in [-0.2, -0.15) is 0 Å². The van der Waals surface area contributed by atoms with E-state index in [4.69, 9.17) is 19.1 Å². The number of methoxy groups -OCH3 is 1. The lowest BCUT2D eigenvalue weighted by molar-refractivity contribution is -0.127. The van der Waals surface area contributed by atoms with Crippen molar-refractivity contribution >= 4 is 22.6 Å². The molecular formula is C17H20N2O6. The van der Waals surface area contributed by atoms with Crippen LogP contribution < -0.4 is 25.9 Å². The molecule has 1 amide bonds. The highest BCUT2D eigenvalue weighted by Gasteiger charge is 2.22. The molecule has 8 nitrogen and oxygen atoms in total. The molecule has 1 saturated carbocycles. The van der Waals surface area contributed by atoms with Crippen molar-refractivity contribution in [2.45, 2.75) is 31.8 Å². The number of nitrogens with one attached hydrogen (secondary N) is 2. The summed E-state index contributed by atoms with van der Waals surface area (Å²) in [7, 11) is 1.52. The summed E-state index contributed by atoms with van der Waals surface area (Å²) in [5, 5.41) is 12.0. The fourth-order valence-corrected chi connectivity index (χ4v) is 2.99. The Morgan fingerprint density at radius 2 is 2.12 bits per heavy atom. The lowest BCUT2D eigenvalue weighted by atomic mass is 10.1. The molecule has 3 N–H and O–H groups in total. The zero-order chi connectivity index (χ0) is 17.8. The molecular weight excluding hydrogens is 328 g/mol. The molecule has 134 valence electrons. The van der Waals surface area contributed by atoms with Crippen LogP contribution in [0.1, 0.15) is 25.7 Å². The number of hydroxylamine groups is 1. The van der Waals surface area contributed by atoms with E-state index in [9.17, 15) is 9.59 Å². The lowest BCUT2D eigenvalue weighted by Gasteiger charge is -2.18. The van der Waals surface area contributed by atoms with Crippen LogP contribution in [0.15, 0.2) is 27.4 Å². The molecule has 0 atom stereocenters. The van der Waals surface area contributed by atoms with E-state index in [2.05, 4.69) is 5.32 Å². The number of hydrogen-bond acceptors (Lipinski definition) is 7. The average Bonchev–Trinajstić information content (AvgIpc) is 3.13. The van der Waals surface area contributed by atoms with E-state index in [0.29, 0.717) is 22.6 Å². The van der Waals surface area contributed by atoms with E-state index >= 15 is 0 Å². The Morgan fingerprint density at radius 3 is 2.80 bits per heavy atom. The number of rotatable bonds is 6. The van der Waals surface area contributed by atoms with Crippen LogP contribution in [-0.2, 0) is 4.79 Å². The first-order valence-corrected chi connectivity index (χ1v) is 8.10. The van der Waals surface area contributed by atoms with E-state index in [0.717, 1.165) is 25.7 Å². The van der Waals surface area contributed by atoms with Gasteiger partial charge < -0.3 is 19.2 Å². The first-order valence-electron chi connectivity index (χ1n) is 8.10. The molecule has 0 unspecified atom stereocenters. The summed E-state index contributed by atoms with van der Waals surface area (Å²) in [5.74, 6) is 0.240. The van der Waals surface area contributed by atoms with Gasteiger partial charge in [0.05, 0.1) is 25.4 Å². The molecule has 1 fully saturated rings. The molecule has 3 rings (SSSR count). The maximum absolute atomic E-state index is 12.0. The normalized spacial score (nSPS) is 14.5. The van der Waals surface area contributed by atoms with Gasteiger partial charge in [0.25, 0.3) is 5.91 Å². The third-order valence-electron chi connectivity index (χ3n) is 4.20. The maximum atomic E-state index is 12.0. The summed E-state index contributed by atoms with van der Waals surface area (Å²) >= 11 is 0. The number of ether oxygens (including phenoxy) is 2. The molecule has 25 heavy (non-hydrogen) atoms. The molecule has 0 bridgehead atoms. The lowest BCUT2D eigenvalue weighted by Crippen LogP contribution is -2.27. The minimum Gasteiger partial charge on any atom is -0.493 e. The smallest absolute Gasteiger partial charge is 0.338 e. The van der Waals surface area contributed by atoms with E-state index in [1.807, 2.05) is 0 Å². The highest BCUT2D eigenvalue weighted by molar-refractivity contribution is 5.96. The van der Waals surface area contributed by atoms with Crippen molar-refractivity contribution in [3.63, 3.8) is 0 Å². The molecule has 1 heterocycles. The van der Waals surface area contributed by atoms with E-state index in [1.54, 1.807) is 12.1 Å². The molecule has 0 aliphatic heterocycles. The van der Waals surface area contributed by atoms with Gasteiger partial charge in [-0.05, 0) is 37.8 Å². The van der Waals surface area contributed by atoms with Crippen LogP contribution in [0.25, 0.3) is 11.0 Å². The van der Waals surface area contributed by atoms with Gasteiger partial charge in [-0.3, -0.25) is 10.0 Å². The monoisotopic (exact) mass is 348 g/mol. The van der Waals surface area contributed by atoms with Crippen molar-refractivity contribution in [1.82, 2.24) is 5.48 Å². The van der Waals surface area contributed by atoms with Gasteiger partial charge in [-0.25, -0.2) is 10.3 Å². The minimum atomic E-state index is -0.627. The second-order valence-electron chi connectivity index (χ2n) is 5.87. The molecule has 1 aliphatic carbocycles. The van der Waals surface area contributed by atoms with Gasteiger partial charge in [0.2, 0.25) is 5.75 Å². The second kappa shape index (κ2) is 7.43. The first-order chi connectivity index (χ1) is 12.1. The number of amides is 1. The van der Waals surface area contributed by atoms with E-state index in [-0.39, 0.29) is 18.2 Å². The Labute approximate surface area is 143 Å². The zero-order valence-electron chi connectivity index (χ0n) is 13.8. The number of benzene rings is 1. The van der Waals surface area contributed by atoms with Crippen LogP contribution in [0.2, 0.25) is 0 Å². The van der Waals surface area contributed by atoms with Crippen LogP contribution in [0, 0.1) is 0 Å². The Kier molecular flexibility index (Phi) is 5.08. The van der Waals surface area contributed by atoms with Crippen molar-refractivity contribution in [1.29, 1.82) is 0 Å². The number of hydrogen-bond donors (Lipinski definition) is 3. The Bertz CT molecular complexity index is 826. The third kappa shape index (κ3) is 3.69. The molecule has 1 aromatic heterocycles. The van der Waals surface area contributed by atoms with Gasteiger partial charge >= 0.3 is 5.63 Å². The molecule has 2 aromatic rings. The van der Waals surface area contributed by atoms with Crippen LogP contribution in [-0.4, -0.2) is 30.9 Å². The largest absolute Gasteiger partial charge is 0.493 e. The van der Waals surface area contributed by atoms with Gasteiger partial charge in [0, 0.05) is 11.5 Å². The number of carbonyl (C=O) groups excluding carboxylic acids is 1. The Balaban J connectivity index is 2.04. The minimum absolute atomic E-state index is 0.0570. The van der Waals surface area contributed by atoms with Gasteiger partial charge in [0.1, 0.15) is 0 Å². The fourth-order valence-electron chi connectivity index (χ4n) is 2.99. The molecule has 0 spiro atoms. The summed E-state index contributed by atoms with van der Waals surface area (Å²) in [6.07, 6.45) is 4.15. The summed E-state index contributed by atoms with van der Waals surface area (Å²) in [4.78, 5) is 23.2. The predicted octanol–water partition coefficient (Wildman–Crippen LogP) is 2.04. The molecule has 0 radical (unpaired) electrons. The standard InChI is InChI=1S/C17H20N2O6/c1-23-13-7-6-11-12(18-9-14(20)19-22)8-15(21)25-16(11)17(13)24-10-4-2-3-5-10/h6-8,10,18,22H,2-5,9H2,1H3,(H,19,20). The average molecular weight is 348 g/mol. The summed E-state index contributed by atoms with van der Waals surface area (Å²) in [6.45, 7) is -0.195. The highest BCUT2D eigenvalue weighted by Crippen LogP contribution is 2.39. The molecule has 8 heteroatoms. The van der Waals surface area contributed by atoms with Crippen molar-refractivity contribution < 1.29 is 23.9 Å². The van der Waals surface area contributed by atoms with Crippen molar-refractivity contribution in [2.75, 3.05) is 19.0 Å². The fraction of sp³-hybridized carbons (Fsp3) is 0.412. The Hall–Kier alpha value is -2.74. The van der Waals surface area contributed by atoms with Crippen LogP contribution >= 0.6 is 0 Å². The molecule has 1 aromatic carbocycles. The van der Waals surface area contributed by atoms with Gasteiger partial charge in [0.15, 0.2) is 11.3 Å². The summed E-state index contributed by atoms with van der Waals surface area (Å²) in [5.41, 5.74) is 1.63. The van der Waals surface area contributed by atoms with Crippen molar-refractivity contribution in [2.24, 2.45) is 0 Å². The number of fused-ring (bicyclic) bond motifs is 1. The zero-order valence-corrected chi connectivity index (χ0v) is 13.8. The maximum Gasteiger partial charge on any atom is 0.338 e. The molecule has 1 aliphatic rings. The first kappa shape index (κ1) is 17.1. The SMILES string of the molecule is COc1ccc2c(NCC(=O)NO)cc(=O)oc2c1OC1CCCC1. The molecule has 0 saturated heterocycles. The number of carbonyl (C=O) groups is 1. The highest BCUT2D eigenvalue weighted by atomic mass is 16.5. The summed E-state index contributed by atoms with van der Waals surface area (Å²) < 4.78 is 16.8. The quantitative estimate of drug-likeness (QED) is 0.416. The van der Waals surface area contributed by atoms with Gasteiger partial charge in [-0.15, -0.1) is 0 Å². The van der Waals surface area contributed by atoms with E-state index < -0.39 is 11.5 Å².